The van der Waals surface area contributed by atoms with Crippen LogP contribution in [0.15, 0.2) is 28.7 Å². The number of hydrogen-bond acceptors (Lipinski definition) is 2. The van der Waals surface area contributed by atoms with Crippen LogP contribution in [0.1, 0.15) is 12.5 Å². The number of benzene rings is 1. The normalized spacial score (nSPS) is 10.6. The van der Waals surface area contributed by atoms with E-state index in [0.29, 0.717) is 5.56 Å². The molecule has 1 aromatic carbocycles. The quantitative estimate of drug-likeness (QED) is 0.808. The molecule has 0 bridgehead atoms. The van der Waals surface area contributed by atoms with Crippen LogP contribution in [0.5, 0.6) is 5.75 Å². The molecule has 0 atom stereocenters. The molecular formula is C10H9BrO2. The van der Waals surface area contributed by atoms with E-state index >= 15 is 0 Å². The van der Waals surface area contributed by atoms with Gasteiger partial charge in [0.25, 0.3) is 0 Å². The van der Waals surface area contributed by atoms with E-state index in [0.717, 1.165) is 4.47 Å². The second-order valence-electron chi connectivity index (χ2n) is 2.65. The minimum Gasteiger partial charge on any atom is -0.507 e. The Morgan fingerprint density at radius 1 is 1.54 bits per heavy atom. The fraction of sp³-hybridized carbons (Fsp3) is 0.100. The highest BCUT2D eigenvalue weighted by atomic mass is 79.9. The fourth-order valence-electron chi connectivity index (χ4n) is 0.865. The van der Waals surface area contributed by atoms with Gasteiger partial charge in [-0.2, -0.15) is 0 Å². The van der Waals surface area contributed by atoms with Gasteiger partial charge in [0.05, 0.1) is 0 Å². The zero-order valence-corrected chi connectivity index (χ0v) is 8.71. The van der Waals surface area contributed by atoms with Gasteiger partial charge in [-0.25, -0.2) is 0 Å². The van der Waals surface area contributed by atoms with Crippen molar-refractivity contribution in [3.05, 3.63) is 34.3 Å². The summed E-state index contributed by atoms with van der Waals surface area (Å²) in [6, 6.07) is 5.12. The second kappa shape index (κ2) is 4.23. The fourth-order valence-corrected chi connectivity index (χ4v) is 1.21. The Bertz CT molecular complexity index is 356. The van der Waals surface area contributed by atoms with E-state index in [-0.39, 0.29) is 11.5 Å². The number of allylic oxidation sites excluding steroid dienone is 1. The Balaban J connectivity index is 2.96. The first-order valence-electron chi connectivity index (χ1n) is 3.77. The molecule has 3 heteroatoms. The smallest absolute Gasteiger partial charge is 0.152 e. The van der Waals surface area contributed by atoms with E-state index < -0.39 is 0 Å². The zero-order valence-electron chi connectivity index (χ0n) is 7.12. The van der Waals surface area contributed by atoms with Gasteiger partial charge in [0.2, 0.25) is 0 Å². The molecule has 0 saturated carbocycles. The molecule has 0 aliphatic heterocycles. The first kappa shape index (κ1) is 9.99. The first-order chi connectivity index (χ1) is 6.09. The summed E-state index contributed by atoms with van der Waals surface area (Å²) in [4.78, 5) is 10.6. The van der Waals surface area contributed by atoms with Crippen LogP contribution in [-0.2, 0) is 4.79 Å². The number of carbonyl (C=O) groups is 1. The van der Waals surface area contributed by atoms with Gasteiger partial charge < -0.3 is 5.11 Å². The molecule has 0 fully saturated rings. The average Bonchev–Trinajstić information content (AvgIpc) is 2.02. The molecular weight excluding hydrogens is 232 g/mol. The second-order valence-corrected chi connectivity index (χ2v) is 3.56. The maximum Gasteiger partial charge on any atom is 0.152 e. The lowest BCUT2D eigenvalue weighted by atomic mass is 10.2. The largest absolute Gasteiger partial charge is 0.507 e. The van der Waals surface area contributed by atoms with Crippen molar-refractivity contribution in [2.45, 2.75) is 6.92 Å². The van der Waals surface area contributed by atoms with Crippen LogP contribution in [0.25, 0.3) is 6.08 Å². The van der Waals surface area contributed by atoms with Gasteiger partial charge in [0.1, 0.15) is 5.75 Å². The lowest BCUT2D eigenvalue weighted by Crippen LogP contribution is -1.80. The van der Waals surface area contributed by atoms with Gasteiger partial charge >= 0.3 is 0 Å². The van der Waals surface area contributed by atoms with Crippen molar-refractivity contribution < 1.29 is 9.90 Å². The number of rotatable bonds is 2. The molecule has 0 saturated heterocycles. The standard InChI is InChI=1S/C10H9BrO2/c1-7(12)2-3-8-4-5-9(11)6-10(8)13/h2-6,13H,1H3/b3-2+. The van der Waals surface area contributed by atoms with Gasteiger partial charge in [-0.05, 0) is 31.2 Å². The summed E-state index contributed by atoms with van der Waals surface area (Å²) < 4.78 is 0.810. The van der Waals surface area contributed by atoms with Gasteiger partial charge in [0.15, 0.2) is 5.78 Å². The molecule has 1 N–H and O–H groups in total. The van der Waals surface area contributed by atoms with Crippen molar-refractivity contribution in [2.24, 2.45) is 0 Å². The molecule has 0 aliphatic carbocycles. The van der Waals surface area contributed by atoms with Gasteiger partial charge in [-0.3, -0.25) is 4.79 Å². The summed E-state index contributed by atoms with van der Waals surface area (Å²) >= 11 is 3.23. The third kappa shape index (κ3) is 3.03. The summed E-state index contributed by atoms with van der Waals surface area (Å²) in [7, 11) is 0. The van der Waals surface area contributed by atoms with Crippen molar-refractivity contribution in [1.29, 1.82) is 0 Å². The Kier molecular flexibility index (Phi) is 3.25. The Morgan fingerprint density at radius 2 is 2.23 bits per heavy atom. The molecule has 13 heavy (non-hydrogen) atoms. The molecule has 1 rings (SSSR count). The summed E-state index contributed by atoms with van der Waals surface area (Å²) in [5, 5.41) is 9.41. The predicted molar refractivity (Wildman–Crippen MR) is 55.5 cm³/mol. The molecule has 0 aliphatic rings. The van der Waals surface area contributed by atoms with E-state index in [1.807, 2.05) is 0 Å². The highest BCUT2D eigenvalue weighted by Crippen LogP contribution is 2.23. The summed E-state index contributed by atoms with van der Waals surface area (Å²) in [5.74, 6) is 0.120. The van der Waals surface area contributed by atoms with Crippen LogP contribution < -0.4 is 0 Å². The van der Waals surface area contributed by atoms with Gasteiger partial charge in [-0.1, -0.05) is 22.0 Å². The molecule has 0 radical (unpaired) electrons. The molecule has 0 aromatic heterocycles. The summed E-state index contributed by atoms with van der Waals surface area (Å²) in [6.45, 7) is 1.46. The monoisotopic (exact) mass is 240 g/mol. The molecule has 68 valence electrons. The number of carbonyl (C=O) groups excluding carboxylic acids is 1. The topological polar surface area (TPSA) is 37.3 Å². The predicted octanol–water partition coefficient (Wildman–Crippen LogP) is 2.76. The molecule has 0 amide bonds. The molecule has 2 nitrogen and oxygen atoms in total. The van der Waals surface area contributed by atoms with E-state index in [1.54, 1.807) is 24.3 Å². The number of ketones is 1. The Morgan fingerprint density at radius 3 is 2.77 bits per heavy atom. The van der Waals surface area contributed by atoms with Crippen molar-refractivity contribution >= 4 is 27.8 Å². The van der Waals surface area contributed by atoms with Crippen LogP contribution >= 0.6 is 15.9 Å². The highest BCUT2D eigenvalue weighted by Gasteiger charge is 1.97. The molecule has 1 aromatic rings. The lowest BCUT2D eigenvalue weighted by molar-refractivity contribution is -0.112. The minimum absolute atomic E-state index is 0.0395. The third-order valence-corrected chi connectivity index (χ3v) is 1.98. The number of aromatic hydroxyl groups is 1. The minimum atomic E-state index is -0.0395. The average molecular weight is 241 g/mol. The van der Waals surface area contributed by atoms with Crippen molar-refractivity contribution in [2.75, 3.05) is 0 Å². The molecule has 0 unspecified atom stereocenters. The van der Waals surface area contributed by atoms with E-state index in [2.05, 4.69) is 15.9 Å². The first-order valence-corrected chi connectivity index (χ1v) is 4.56. The van der Waals surface area contributed by atoms with Crippen LogP contribution in [0.2, 0.25) is 0 Å². The Hall–Kier alpha value is -1.09. The number of hydrogen-bond donors (Lipinski definition) is 1. The van der Waals surface area contributed by atoms with Crippen LogP contribution in [0.4, 0.5) is 0 Å². The number of phenols is 1. The van der Waals surface area contributed by atoms with E-state index in [4.69, 9.17) is 0 Å². The number of phenolic OH excluding ortho intramolecular Hbond substituents is 1. The molecule has 0 spiro atoms. The van der Waals surface area contributed by atoms with E-state index in [1.165, 1.54) is 13.0 Å². The van der Waals surface area contributed by atoms with Crippen LogP contribution in [-0.4, -0.2) is 10.9 Å². The van der Waals surface area contributed by atoms with Gasteiger partial charge in [-0.15, -0.1) is 0 Å². The van der Waals surface area contributed by atoms with Gasteiger partial charge in [0, 0.05) is 10.0 Å². The number of halogens is 1. The van der Waals surface area contributed by atoms with E-state index in [9.17, 15) is 9.90 Å². The van der Waals surface area contributed by atoms with Crippen molar-refractivity contribution in [3.63, 3.8) is 0 Å². The maximum absolute atomic E-state index is 10.6. The Labute approximate surface area is 85.0 Å². The third-order valence-electron chi connectivity index (χ3n) is 1.49. The van der Waals surface area contributed by atoms with Crippen molar-refractivity contribution in [1.82, 2.24) is 0 Å². The van der Waals surface area contributed by atoms with Crippen LogP contribution in [0.3, 0.4) is 0 Å². The summed E-state index contributed by atoms with van der Waals surface area (Å²) in [6.07, 6.45) is 3.01. The maximum atomic E-state index is 10.6. The highest BCUT2D eigenvalue weighted by molar-refractivity contribution is 9.10. The van der Waals surface area contributed by atoms with Crippen LogP contribution in [0, 0.1) is 0 Å². The molecule has 0 heterocycles. The zero-order chi connectivity index (χ0) is 9.84. The van der Waals surface area contributed by atoms with Crippen molar-refractivity contribution in [3.8, 4) is 5.75 Å². The summed E-state index contributed by atoms with van der Waals surface area (Å²) in [5.41, 5.74) is 0.637. The lowest BCUT2D eigenvalue weighted by Gasteiger charge is -1.98. The SMILES string of the molecule is CC(=O)/C=C/c1ccc(Br)cc1O.